The number of hydrogen-bond donors (Lipinski definition) is 2. The fraction of sp³-hybridized carbons (Fsp3) is 0.429. The number of anilines is 1. The van der Waals surface area contributed by atoms with Crippen molar-refractivity contribution >= 4 is 29.6 Å². The van der Waals surface area contributed by atoms with Gasteiger partial charge in [-0.2, -0.15) is 0 Å². The van der Waals surface area contributed by atoms with E-state index in [1.165, 1.54) is 25.2 Å². The van der Waals surface area contributed by atoms with Crippen molar-refractivity contribution in [3.63, 3.8) is 0 Å². The lowest BCUT2D eigenvalue weighted by Crippen LogP contribution is -2.48. The number of amides is 5. The Bertz CT molecular complexity index is 1410. The lowest BCUT2D eigenvalue weighted by Gasteiger charge is -2.31. The lowest BCUT2D eigenvalue weighted by molar-refractivity contribution is -0.143. The third-order valence-corrected chi connectivity index (χ3v) is 8.32. The Hall–Kier alpha value is -4.02. The number of benzene rings is 2. The molecule has 2 aliphatic heterocycles. The zero-order chi connectivity index (χ0) is 27.5. The number of aryl methyl sites for hydroxylation is 2. The highest BCUT2D eigenvalue weighted by Crippen LogP contribution is 2.47. The van der Waals surface area contributed by atoms with Crippen molar-refractivity contribution in [3.05, 3.63) is 64.2 Å². The molecule has 4 aliphatic rings. The highest BCUT2D eigenvalue weighted by atomic mass is 19.1. The maximum absolute atomic E-state index is 14.9. The topological polar surface area (TPSA) is 108 Å². The minimum Gasteiger partial charge on any atom is -0.427 e. The smallest absolute Gasteiger partial charge is 0.418 e. The maximum Gasteiger partial charge on any atom is 0.418 e. The van der Waals surface area contributed by atoms with E-state index >= 15 is 0 Å². The average Bonchev–Trinajstić information content (AvgIpc) is 3.68. The molecule has 1 saturated heterocycles. The summed E-state index contributed by atoms with van der Waals surface area (Å²) >= 11 is 0. The van der Waals surface area contributed by atoms with Crippen LogP contribution in [0.5, 0.6) is 0 Å². The van der Waals surface area contributed by atoms with Crippen molar-refractivity contribution in [2.24, 2.45) is 5.92 Å². The quantitative estimate of drug-likeness (QED) is 0.619. The van der Waals surface area contributed by atoms with E-state index in [4.69, 9.17) is 4.74 Å². The highest BCUT2D eigenvalue weighted by molar-refractivity contribution is 6.06. The molecule has 2 atom stereocenters. The predicted molar refractivity (Wildman–Crippen MR) is 134 cm³/mol. The molecule has 5 amide bonds. The summed E-state index contributed by atoms with van der Waals surface area (Å²) < 4.78 is 34.3. The minimum atomic E-state index is -1.71. The molecule has 0 radical (unpaired) electrons. The number of ether oxygens (including phenoxy) is 1. The highest BCUT2D eigenvalue weighted by Gasteiger charge is 2.59. The van der Waals surface area contributed by atoms with E-state index in [9.17, 15) is 28.0 Å². The van der Waals surface area contributed by atoms with Crippen LogP contribution in [-0.2, 0) is 39.3 Å². The Kier molecular flexibility index (Phi) is 6.04. The van der Waals surface area contributed by atoms with Gasteiger partial charge in [-0.1, -0.05) is 6.07 Å². The monoisotopic (exact) mass is 538 g/mol. The van der Waals surface area contributed by atoms with Gasteiger partial charge in [0.05, 0.1) is 5.69 Å². The first-order valence-electron chi connectivity index (χ1n) is 13.1. The molecule has 2 aromatic rings. The summed E-state index contributed by atoms with van der Waals surface area (Å²) in [6, 6.07) is 6.44. The molecule has 204 valence electrons. The minimum absolute atomic E-state index is 0.0543. The molecular formula is C28H28F2N4O5. The van der Waals surface area contributed by atoms with Gasteiger partial charge in [-0.25, -0.2) is 23.3 Å². The Labute approximate surface area is 223 Å². The Morgan fingerprint density at radius 2 is 1.85 bits per heavy atom. The van der Waals surface area contributed by atoms with Crippen molar-refractivity contribution in [3.8, 4) is 0 Å². The van der Waals surface area contributed by atoms with Crippen LogP contribution in [0, 0.1) is 17.6 Å². The number of nitrogens with one attached hydrogen (secondary N) is 2. The number of hydrogen-bond acceptors (Lipinski definition) is 5. The van der Waals surface area contributed by atoms with Gasteiger partial charge < -0.3 is 20.3 Å². The fourth-order valence-electron chi connectivity index (χ4n) is 6.15. The van der Waals surface area contributed by atoms with Crippen molar-refractivity contribution in [2.45, 2.75) is 56.7 Å². The summed E-state index contributed by atoms with van der Waals surface area (Å²) in [6.45, 7) is -0.222. The number of fused-ring (bicyclic) bond motifs is 3. The number of imide groups is 1. The zero-order valence-electron chi connectivity index (χ0n) is 21.4. The Balaban J connectivity index is 1.24. The predicted octanol–water partition coefficient (Wildman–Crippen LogP) is 3.59. The fourth-order valence-corrected chi connectivity index (χ4v) is 6.15. The normalized spacial score (nSPS) is 23.8. The van der Waals surface area contributed by atoms with Crippen LogP contribution >= 0.6 is 0 Å². The van der Waals surface area contributed by atoms with Gasteiger partial charge in [0.1, 0.15) is 18.2 Å². The largest absolute Gasteiger partial charge is 0.427 e. The number of rotatable bonds is 4. The van der Waals surface area contributed by atoms with Gasteiger partial charge in [-0.3, -0.25) is 9.59 Å². The number of carbonyl (C=O) groups is 4. The SMILES string of the molecule is CNC(=O)Nc1cc2c(cc1F)[C@@]1(CC2)OC(=O)N(CC(=O)N2Cc3ccc(F)cc3CCC2C2CC2)C1=O. The molecule has 2 aliphatic carbocycles. The van der Waals surface area contributed by atoms with Crippen LogP contribution in [0.15, 0.2) is 30.3 Å². The van der Waals surface area contributed by atoms with Gasteiger partial charge in [0.15, 0.2) is 0 Å². The van der Waals surface area contributed by atoms with E-state index in [0.717, 1.165) is 34.9 Å². The number of halogens is 2. The second-order valence-corrected chi connectivity index (χ2v) is 10.7. The molecule has 9 nitrogen and oxygen atoms in total. The summed E-state index contributed by atoms with van der Waals surface area (Å²) in [5.74, 6) is -1.85. The summed E-state index contributed by atoms with van der Waals surface area (Å²) in [7, 11) is 1.40. The van der Waals surface area contributed by atoms with Gasteiger partial charge in [0.2, 0.25) is 11.5 Å². The lowest BCUT2D eigenvalue weighted by atomic mass is 9.94. The van der Waals surface area contributed by atoms with Crippen LogP contribution in [0.2, 0.25) is 0 Å². The molecule has 0 bridgehead atoms. The molecule has 2 N–H and O–H groups in total. The molecule has 1 unspecified atom stereocenters. The van der Waals surface area contributed by atoms with E-state index in [-0.39, 0.29) is 42.0 Å². The standard InChI is InChI=1S/C28H28F2N4O5/c1-31-26(37)32-22-11-17-8-9-28(20(17)12-21(22)30)25(36)34(27(38)39-28)14-24(35)33-13-18-4-6-19(29)10-16(18)5-7-23(33)15-2-3-15/h4,6,10-12,15,23H,2-3,5,7-9,13-14H2,1H3,(H2,31,32,37)/t23?,28-/m1/s1. The second kappa shape index (κ2) is 9.32. The maximum atomic E-state index is 14.9. The Morgan fingerprint density at radius 3 is 2.59 bits per heavy atom. The van der Waals surface area contributed by atoms with Gasteiger partial charge in [-0.15, -0.1) is 0 Å². The van der Waals surface area contributed by atoms with Crippen LogP contribution in [0.1, 0.15) is 47.9 Å². The number of urea groups is 1. The van der Waals surface area contributed by atoms with Gasteiger partial charge in [0, 0.05) is 31.6 Å². The van der Waals surface area contributed by atoms with Crippen LogP contribution in [-0.4, -0.2) is 53.4 Å². The summed E-state index contributed by atoms with van der Waals surface area (Å²) in [5, 5.41) is 4.74. The van der Waals surface area contributed by atoms with E-state index in [1.807, 2.05) is 0 Å². The third-order valence-electron chi connectivity index (χ3n) is 8.32. The summed E-state index contributed by atoms with van der Waals surface area (Å²) in [4.78, 5) is 54.4. The van der Waals surface area contributed by atoms with Crippen molar-refractivity contribution in [1.29, 1.82) is 0 Å². The van der Waals surface area contributed by atoms with Crippen molar-refractivity contribution < 1.29 is 32.7 Å². The average molecular weight is 539 g/mol. The summed E-state index contributed by atoms with van der Waals surface area (Å²) in [5.41, 5.74) is 0.737. The zero-order valence-corrected chi connectivity index (χ0v) is 21.4. The first-order chi connectivity index (χ1) is 18.7. The molecule has 2 heterocycles. The van der Waals surface area contributed by atoms with E-state index in [0.29, 0.717) is 30.7 Å². The van der Waals surface area contributed by atoms with E-state index < -0.39 is 36.0 Å². The van der Waals surface area contributed by atoms with Crippen LogP contribution in [0.25, 0.3) is 0 Å². The summed E-state index contributed by atoms with van der Waals surface area (Å²) in [6.07, 6.45) is 2.78. The van der Waals surface area contributed by atoms with Gasteiger partial charge in [-0.05, 0) is 79.0 Å². The second-order valence-electron chi connectivity index (χ2n) is 10.7. The first kappa shape index (κ1) is 25.3. The molecule has 1 saturated carbocycles. The van der Waals surface area contributed by atoms with Crippen LogP contribution < -0.4 is 10.6 Å². The molecule has 2 fully saturated rings. The van der Waals surface area contributed by atoms with Crippen molar-refractivity contribution in [2.75, 3.05) is 18.9 Å². The molecule has 6 rings (SSSR count). The molecular weight excluding hydrogens is 510 g/mol. The van der Waals surface area contributed by atoms with Gasteiger partial charge >= 0.3 is 12.1 Å². The molecule has 39 heavy (non-hydrogen) atoms. The van der Waals surface area contributed by atoms with Gasteiger partial charge in [0.25, 0.3) is 5.91 Å². The molecule has 0 aromatic heterocycles. The first-order valence-corrected chi connectivity index (χ1v) is 13.1. The molecule has 1 spiro atoms. The van der Waals surface area contributed by atoms with E-state index in [2.05, 4.69) is 10.6 Å². The molecule has 11 heteroatoms. The van der Waals surface area contributed by atoms with Crippen LogP contribution in [0.4, 0.5) is 24.1 Å². The Morgan fingerprint density at radius 1 is 1.05 bits per heavy atom. The number of nitrogens with zero attached hydrogens (tertiary/aromatic N) is 2. The van der Waals surface area contributed by atoms with Crippen molar-refractivity contribution in [1.82, 2.24) is 15.1 Å². The van der Waals surface area contributed by atoms with E-state index in [1.54, 1.807) is 11.0 Å². The van der Waals surface area contributed by atoms with Crippen LogP contribution in [0.3, 0.4) is 0 Å². The third kappa shape index (κ3) is 4.29. The number of carbonyl (C=O) groups excluding carboxylic acids is 4. The molecule has 2 aromatic carbocycles.